The van der Waals surface area contributed by atoms with Crippen LogP contribution < -0.4 is 10.6 Å². The maximum atomic E-state index is 13.8. The van der Waals surface area contributed by atoms with E-state index in [4.69, 9.17) is 11.6 Å². The molecule has 164 valence electrons. The normalized spacial score (nSPS) is 18.3. The summed E-state index contributed by atoms with van der Waals surface area (Å²) >= 11 is 6.31. The van der Waals surface area contributed by atoms with Crippen molar-refractivity contribution in [2.45, 2.75) is 37.6 Å². The fraction of sp³-hybridized carbons (Fsp3) is 0.350. The summed E-state index contributed by atoms with van der Waals surface area (Å²) in [6.45, 7) is 0.961. The average molecular weight is 453 g/mol. The molecule has 2 aromatic heterocycles. The van der Waals surface area contributed by atoms with Crippen molar-refractivity contribution in [2.24, 2.45) is 0 Å². The zero-order chi connectivity index (χ0) is 22.0. The minimum Gasteiger partial charge on any atom is -0.362 e. The predicted octanol–water partition coefficient (Wildman–Crippen LogP) is 4.21. The Balaban J connectivity index is 1.53. The highest BCUT2D eigenvalue weighted by Gasteiger charge is 2.47. The van der Waals surface area contributed by atoms with Gasteiger partial charge in [-0.05, 0) is 12.0 Å². The van der Waals surface area contributed by atoms with Crippen LogP contribution >= 0.6 is 11.6 Å². The number of carbonyl (C=O) groups is 1. The number of nitrogens with one attached hydrogen (secondary N) is 2. The fourth-order valence-corrected chi connectivity index (χ4v) is 3.87. The van der Waals surface area contributed by atoms with Crippen LogP contribution in [0.3, 0.4) is 0 Å². The van der Waals surface area contributed by atoms with Crippen LogP contribution in [0.2, 0.25) is 5.02 Å². The van der Waals surface area contributed by atoms with Crippen LogP contribution in [0.4, 0.5) is 19.0 Å². The maximum absolute atomic E-state index is 13.8. The molecule has 0 fully saturated rings. The number of hydrogen-bond donors (Lipinski definition) is 2. The average Bonchev–Trinajstić information content (AvgIpc) is 3.38. The Bertz CT molecular complexity index is 1040. The van der Waals surface area contributed by atoms with Crippen molar-refractivity contribution >= 4 is 23.3 Å². The number of benzene rings is 1. The number of fused-ring (bicyclic) bond motifs is 1. The molecule has 0 aliphatic carbocycles. The zero-order valence-corrected chi connectivity index (χ0v) is 17.1. The van der Waals surface area contributed by atoms with Crippen molar-refractivity contribution < 1.29 is 18.0 Å². The number of carbonyl (C=O) groups excluding carboxylic acids is 1. The van der Waals surface area contributed by atoms with Crippen LogP contribution in [0.5, 0.6) is 0 Å². The minimum absolute atomic E-state index is 0.00680. The van der Waals surface area contributed by atoms with Crippen molar-refractivity contribution in [2.75, 3.05) is 11.9 Å². The maximum Gasteiger partial charge on any atom is 0.410 e. The van der Waals surface area contributed by atoms with E-state index < -0.39 is 24.2 Å². The Labute approximate surface area is 181 Å². The standard InChI is InChI=1S/C20H20ClF3N6O/c21-16-17(19(31)26-7-4-9-29-10-8-25-12-29)28-30-15(20(22,23)24)11-14(27-18(16)30)13-5-2-1-3-6-13/h1-3,5-6,8,10,12,14-15,27H,4,7,9,11H2,(H,26,31)/t14-,15+/m0/s1. The summed E-state index contributed by atoms with van der Waals surface area (Å²) in [6, 6.07) is 6.30. The fourth-order valence-electron chi connectivity index (χ4n) is 3.60. The molecule has 1 aliphatic rings. The molecule has 4 rings (SSSR count). The quantitative estimate of drug-likeness (QED) is 0.549. The number of rotatable bonds is 6. The molecule has 2 N–H and O–H groups in total. The number of aryl methyl sites for hydroxylation is 1. The number of alkyl halides is 3. The van der Waals surface area contributed by atoms with Gasteiger partial charge in [-0.25, -0.2) is 9.67 Å². The summed E-state index contributed by atoms with van der Waals surface area (Å²) in [7, 11) is 0. The molecule has 31 heavy (non-hydrogen) atoms. The Morgan fingerprint density at radius 3 is 2.74 bits per heavy atom. The number of aromatic nitrogens is 4. The second kappa shape index (κ2) is 8.62. The van der Waals surface area contributed by atoms with Gasteiger partial charge in [0.2, 0.25) is 0 Å². The molecule has 0 spiro atoms. The summed E-state index contributed by atoms with van der Waals surface area (Å²) in [5, 5.41) is 9.50. The van der Waals surface area contributed by atoms with Gasteiger partial charge in [-0.3, -0.25) is 4.79 Å². The lowest BCUT2D eigenvalue weighted by Gasteiger charge is -2.33. The zero-order valence-electron chi connectivity index (χ0n) is 16.3. The summed E-state index contributed by atoms with van der Waals surface area (Å²) in [6.07, 6.45) is 0.929. The molecule has 3 heterocycles. The van der Waals surface area contributed by atoms with Crippen LogP contribution in [0.25, 0.3) is 0 Å². The monoisotopic (exact) mass is 452 g/mol. The van der Waals surface area contributed by atoms with E-state index in [2.05, 4.69) is 20.7 Å². The molecule has 2 atom stereocenters. The molecule has 11 heteroatoms. The molecule has 0 radical (unpaired) electrons. The highest BCUT2D eigenvalue weighted by Crippen LogP contribution is 2.46. The van der Waals surface area contributed by atoms with Crippen molar-refractivity contribution in [3.63, 3.8) is 0 Å². The van der Waals surface area contributed by atoms with Gasteiger partial charge in [-0.15, -0.1) is 0 Å². The molecule has 0 saturated carbocycles. The number of imidazole rings is 1. The lowest BCUT2D eigenvalue weighted by atomic mass is 9.97. The van der Waals surface area contributed by atoms with Crippen molar-refractivity contribution in [1.82, 2.24) is 24.6 Å². The molecule has 1 amide bonds. The number of hydrogen-bond acceptors (Lipinski definition) is 4. The first kappa shape index (κ1) is 21.2. The summed E-state index contributed by atoms with van der Waals surface area (Å²) in [4.78, 5) is 16.5. The number of amides is 1. The number of anilines is 1. The molecular formula is C20H20ClF3N6O. The summed E-state index contributed by atoms with van der Waals surface area (Å²) in [5.74, 6) is -0.621. The Kier molecular flexibility index (Phi) is 5.90. The van der Waals surface area contributed by atoms with Gasteiger partial charge in [0, 0.05) is 31.9 Å². The minimum atomic E-state index is -4.54. The smallest absolute Gasteiger partial charge is 0.362 e. The molecule has 0 bridgehead atoms. The topological polar surface area (TPSA) is 76.8 Å². The largest absolute Gasteiger partial charge is 0.410 e. The van der Waals surface area contributed by atoms with Crippen molar-refractivity contribution in [1.29, 1.82) is 0 Å². The SMILES string of the molecule is O=C(NCCCn1ccnc1)c1nn2c(c1Cl)N[C@H](c1ccccc1)C[C@@H]2C(F)(F)F. The molecule has 7 nitrogen and oxygen atoms in total. The van der Waals surface area contributed by atoms with Crippen LogP contribution in [0.15, 0.2) is 49.1 Å². The second-order valence-electron chi connectivity index (χ2n) is 7.27. The molecular weight excluding hydrogens is 433 g/mol. The summed E-state index contributed by atoms with van der Waals surface area (Å²) < 4.78 is 44.0. The summed E-state index contributed by atoms with van der Waals surface area (Å²) in [5.41, 5.74) is 0.473. The Morgan fingerprint density at radius 2 is 2.06 bits per heavy atom. The van der Waals surface area contributed by atoms with Crippen LogP contribution in [-0.2, 0) is 6.54 Å². The van der Waals surface area contributed by atoms with Gasteiger partial charge >= 0.3 is 6.18 Å². The second-order valence-corrected chi connectivity index (χ2v) is 7.64. The molecule has 1 aliphatic heterocycles. The van der Waals surface area contributed by atoms with Gasteiger partial charge in [0.25, 0.3) is 5.91 Å². The van der Waals surface area contributed by atoms with Crippen LogP contribution in [0.1, 0.15) is 41.0 Å². The van der Waals surface area contributed by atoms with E-state index in [0.29, 0.717) is 25.1 Å². The molecule has 3 aromatic rings. The van der Waals surface area contributed by atoms with E-state index in [1.54, 1.807) is 49.1 Å². The third kappa shape index (κ3) is 4.53. The lowest BCUT2D eigenvalue weighted by molar-refractivity contribution is -0.173. The molecule has 1 aromatic carbocycles. The third-order valence-electron chi connectivity index (χ3n) is 5.15. The van der Waals surface area contributed by atoms with Crippen molar-refractivity contribution in [3.05, 3.63) is 65.3 Å². The Morgan fingerprint density at radius 1 is 1.29 bits per heavy atom. The molecule has 0 unspecified atom stereocenters. The van der Waals surface area contributed by atoms with Crippen LogP contribution in [0, 0.1) is 0 Å². The van der Waals surface area contributed by atoms with Gasteiger partial charge in [-0.1, -0.05) is 41.9 Å². The van der Waals surface area contributed by atoms with Crippen molar-refractivity contribution in [3.8, 4) is 0 Å². The van der Waals surface area contributed by atoms with E-state index in [-0.39, 0.29) is 23.0 Å². The Hall–Kier alpha value is -3.01. The van der Waals surface area contributed by atoms with E-state index in [1.165, 1.54) is 0 Å². The van der Waals surface area contributed by atoms with Gasteiger partial charge in [0.05, 0.1) is 12.4 Å². The highest BCUT2D eigenvalue weighted by molar-refractivity contribution is 6.36. The predicted molar refractivity (Wildman–Crippen MR) is 109 cm³/mol. The number of halogens is 4. The van der Waals surface area contributed by atoms with Gasteiger partial charge in [0.15, 0.2) is 11.7 Å². The number of nitrogens with zero attached hydrogens (tertiary/aromatic N) is 4. The van der Waals surface area contributed by atoms with Gasteiger partial charge in [-0.2, -0.15) is 18.3 Å². The lowest BCUT2D eigenvalue weighted by Crippen LogP contribution is -2.36. The highest BCUT2D eigenvalue weighted by atomic mass is 35.5. The first-order chi connectivity index (χ1) is 14.8. The molecule has 0 saturated heterocycles. The van der Waals surface area contributed by atoms with E-state index in [9.17, 15) is 18.0 Å². The van der Waals surface area contributed by atoms with E-state index >= 15 is 0 Å². The van der Waals surface area contributed by atoms with Crippen LogP contribution in [-0.4, -0.2) is 38.0 Å². The van der Waals surface area contributed by atoms with Gasteiger partial charge in [0.1, 0.15) is 10.8 Å². The van der Waals surface area contributed by atoms with E-state index in [1.807, 2.05) is 4.57 Å². The van der Waals surface area contributed by atoms with Gasteiger partial charge < -0.3 is 15.2 Å². The van der Waals surface area contributed by atoms with E-state index in [0.717, 1.165) is 4.68 Å². The third-order valence-corrected chi connectivity index (χ3v) is 5.51. The first-order valence-corrected chi connectivity index (χ1v) is 10.1. The first-order valence-electron chi connectivity index (χ1n) is 9.74.